The van der Waals surface area contributed by atoms with Crippen molar-refractivity contribution in [3.05, 3.63) is 145 Å². The summed E-state index contributed by atoms with van der Waals surface area (Å²) in [6.45, 7) is 8.97. The Bertz CT molecular complexity index is 3360. The first kappa shape index (κ1) is 29.8. The van der Waals surface area contributed by atoms with E-state index >= 15 is 0 Å². The smallest absolute Gasteiger partial charge is 0.297 e. The standard InChI is InChI=1S/C49H34BN3O2/c1-27-23-39-44-40(24-27)53-37-16-9-13-32-30-11-5-7-15-36(30)52(45(32)37)38-17-10-14-35(47(38)53)50(44)48-46(34-25-28(49(2,3)4)19-21-43(34)55-48)51(39)29-20-22-42-33(26-29)31-12-6-8-18-41(31)54-42/h5-26H,1-4H3. The van der Waals surface area contributed by atoms with Crippen molar-refractivity contribution in [3.63, 3.8) is 0 Å². The lowest BCUT2D eigenvalue weighted by molar-refractivity contribution is 0.590. The van der Waals surface area contributed by atoms with Crippen LogP contribution in [0.25, 0.3) is 60.4 Å². The van der Waals surface area contributed by atoms with Gasteiger partial charge in [0.2, 0.25) is 0 Å². The molecular formula is C49H34BN3O2. The van der Waals surface area contributed by atoms with Crippen LogP contribution in [0, 0.1) is 6.92 Å². The van der Waals surface area contributed by atoms with Crippen LogP contribution in [0.1, 0.15) is 31.9 Å². The lowest BCUT2D eigenvalue weighted by atomic mass is 9.35. The van der Waals surface area contributed by atoms with E-state index in [-0.39, 0.29) is 12.1 Å². The van der Waals surface area contributed by atoms with Gasteiger partial charge in [0.15, 0.2) is 0 Å². The van der Waals surface area contributed by atoms with E-state index in [1.165, 1.54) is 72.3 Å². The molecule has 0 amide bonds. The summed E-state index contributed by atoms with van der Waals surface area (Å²) in [6, 6.07) is 49.0. The van der Waals surface area contributed by atoms with Crippen LogP contribution in [-0.2, 0) is 5.41 Å². The minimum Gasteiger partial charge on any atom is -0.468 e. The summed E-state index contributed by atoms with van der Waals surface area (Å²) in [5.41, 5.74) is 19.3. The van der Waals surface area contributed by atoms with Crippen LogP contribution in [0.4, 0.5) is 34.1 Å². The first-order chi connectivity index (χ1) is 26.8. The minimum absolute atomic E-state index is 0.0315. The van der Waals surface area contributed by atoms with Gasteiger partial charge in [0.1, 0.15) is 16.7 Å². The van der Waals surface area contributed by atoms with E-state index < -0.39 is 0 Å². The molecule has 3 aliphatic heterocycles. The summed E-state index contributed by atoms with van der Waals surface area (Å²) < 4.78 is 16.0. The van der Waals surface area contributed by atoms with Gasteiger partial charge in [-0.25, -0.2) is 0 Å². The van der Waals surface area contributed by atoms with Crippen LogP contribution in [-0.4, -0.2) is 11.3 Å². The van der Waals surface area contributed by atoms with E-state index in [0.717, 1.165) is 49.9 Å². The van der Waals surface area contributed by atoms with Gasteiger partial charge in [0, 0.05) is 44.0 Å². The molecule has 6 heterocycles. The van der Waals surface area contributed by atoms with Gasteiger partial charge in [0.25, 0.3) is 6.71 Å². The Balaban J connectivity index is 1.18. The number of aromatic nitrogens is 1. The second kappa shape index (κ2) is 9.90. The van der Waals surface area contributed by atoms with E-state index in [0.29, 0.717) is 0 Å². The second-order valence-corrected chi connectivity index (χ2v) is 16.6. The molecule has 55 heavy (non-hydrogen) atoms. The predicted octanol–water partition coefficient (Wildman–Crippen LogP) is 11.4. The number of benzene rings is 7. The molecule has 0 saturated heterocycles. The molecule has 0 radical (unpaired) electrons. The van der Waals surface area contributed by atoms with Gasteiger partial charge in [-0.1, -0.05) is 87.5 Å². The normalized spacial score (nSPS) is 14.1. The monoisotopic (exact) mass is 707 g/mol. The van der Waals surface area contributed by atoms with Crippen LogP contribution >= 0.6 is 0 Å². The molecule has 0 N–H and O–H groups in total. The van der Waals surface area contributed by atoms with Crippen molar-refractivity contribution in [2.24, 2.45) is 0 Å². The summed E-state index contributed by atoms with van der Waals surface area (Å²) in [6.07, 6.45) is 0. The molecule has 0 spiro atoms. The Morgan fingerprint density at radius 1 is 0.527 bits per heavy atom. The highest BCUT2D eigenvalue weighted by atomic mass is 16.3. The topological polar surface area (TPSA) is 37.7 Å². The van der Waals surface area contributed by atoms with Gasteiger partial charge >= 0.3 is 0 Å². The molecule has 7 aromatic carbocycles. The molecule has 5 nitrogen and oxygen atoms in total. The highest BCUT2D eigenvalue weighted by Crippen LogP contribution is 2.53. The minimum atomic E-state index is -0.116. The highest BCUT2D eigenvalue weighted by Gasteiger charge is 2.49. The van der Waals surface area contributed by atoms with Crippen molar-refractivity contribution in [1.29, 1.82) is 0 Å². The summed E-state index contributed by atoms with van der Waals surface area (Å²) in [5, 5.41) is 5.89. The Morgan fingerprint density at radius 2 is 1.24 bits per heavy atom. The molecular weight excluding hydrogens is 673 g/mol. The number of rotatable bonds is 1. The maximum atomic E-state index is 7.21. The van der Waals surface area contributed by atoms with Gasteiger partial charge in [0.05, 0.1) is 39.4 Å². The van der Waals surface area contributed by atoms with Crippen LogP contribution in [0.5, 0.6) is 0 Å². The first-order valence-electron chi connectivity index (χ1n) is 19.2. The highest BCUT2D eigenvalue weighted by molar-refractivity contribution is 7.00. The maximum Gasteiger partial charge on any atom is 0.297 e. The fourth-order valence-electron chi connectivity index (χ4n) is 10.1. The van der Waals surface area contributed by atoms with Gasteiger partial charge in [-0.15, -0.1) is 0 Å². The first-order valence-corrected chi connectivity index (χ1v) is 19.2. The van der Waals surface area contributed by atoms with Gasteiger partial charge in [-0.2, -0.15) is 0 Å². The number of hydrogen-bond donors (Lipinski definition) is 0. The van der Waals surface area contributed by atoms with Crippen LogP contribution in [0.3, 0.4) is 0 Å². The summed E-state index contributed by atoms with van der Waals surface area (Å²) in [7, 11) is 0. The third-order valence-electron chi connectivity index (χ3n) is 12.4. The van der Waals surface area contributed by atoms with E-state index in [2.05, 4.69) is 169 Å². The number of anilines is 6. The summed E-state index contributed by atoms with van der Waals surface area (Å²) >= 11 is 0. The molecule has 0 bridgehead atoms. The SMILES string of the molecule is Cc1cc2c3c(c1)N1c4c(cccc4-n4c5ccccc5c5cccc1c54)B3c1oc3ccc(C(C)(C)C)cc3c1N2c1ccc2oc3ccccc3c2c1. The molecule has 0 fully saturated rings. The van der Waals surface area contributed by atoms with Gasteiger partial charge in [-0.05, 0) is 101 Å². The quantitative estimate of drug-likeness (QED) is 0.159. The molecule has 0 aliphatic carbocycles. The molecule has 10 aromatic rings. The number of para-hydroxylation sites is 4. The molecule has 260 valence electrons. The Hall–Kier alpha value is -6.66. The number of furan rings is 2. The zero-order valence-corrected chi connectivity index (χ0v) is 30.9. The van der Waals surface area contributed by atoms with Crippen molar-refractivity contribution in [2.75, 3.05) is 9.80 Å². The average molecular weight is 708 g/mol. The van der Waals surface area contributed by atoms with E-state index in [9.17, 15) is 0 Å². The number of hydrogen-bond acceptors (Lipinski definition) is 4. The molecule has 0 unspecified atom stereocenters. The van der Waals surface area contributed by atoms with E-state index in [4.69, 9.17) is 8.83 Å². The van der Waals surface area contributed by atoms with Crippen LogP contribution < -0.4 is 26.4 Å². The van der Waals surface area contributed by atoms with E-state index in [1.807, 2.05) is 6.07 Å². The van der Waals surface area contributed by atoms with Crippen molar-refractivity contribution >= 4 is 112 Å². The van der Waals surface area contributed by atoms with Crippen molar-refractivity contribution in [1.82, 2.24) is 4.57 Å². The Morgan fingerprint density at radius 3 is 2.11 bits per heavy atom. The summed E-state index contributed by atoms with van der Waals surface area (Å²) in [4.78, 5) is 5.03. The van der Waals surface area contributed by atoms with Crippen molar-refractivity contribution in [2.45, 2.75) is 33.1 Å². The third-order valence-corrected chi connectivity index (χ3v) is 12.4. The van der Waals surface area contributed by atoms with Gasteiger partial charge < -0.3 is 23.2 Å². The van der Waals surface area contributed by atoms with Crippen LogP contribution in [0.15, 0.2) is 142 Å². The molecule has 0 saturated carbocycles. The van der Waals surface area contributed by atoms with E-state index in [1.54, 1.807) is 0 Å². The molecule has 3 aromatic heterocycles. The third kappa shape index (κ3) is 3.65. The summed E-state index contributed by atoms with van der Waals surface area (Å²) in [5.74, 6) is 0. The Kier molecular flexibility index (Phi) is 5.36. The largest absolute Gasteiger partial charge is 0.468 e. The maximum absolute atomic E-state index is 7.21. The van der Waals surface area contributed by atoms with Crippen molar-refractivity contribution in [3.8, 4) is 5.69 Å². The van der Waals surface area contributed by atoms with Crippen LogP contribution in [0.2, 0.25) is 0 Å². The zero-order valence-electron chi connectivity index (χ0n) is 30.9. The second-order valence-electron chi connectivity index (χ2n) is 16.6. The fraction of sp³-hybridized carbons (Fsp3) is 0.102. The van der Waals surface area contributed by atoms with Gasteiger partial charge in [-0.3, -0.25) is 0 Å². The lowest BCUT2D eigenvalue weighted by Gasteiger charge is -2.44. The number of nitrogens with zero attached hydrogens (tertiary/aromatic N) is 3. The molecule has 13 rings (SSSR count). The molecule has 6 heteroatoms. The number of aryl methyl sites for hydroxylation is 1. The van der Waals surface area contributed by atoms with Crippen molar-refractivity contribution < 1.29 is 8.83 Å². The zero-order chi connectivity index (χ0) is 36.5. The fourth-order valence-corrected chi connectivity index (χ4v) is 10.1. The Labute approximate surface area is 317 Å². The molecule has 3 aliphatic rings. The number of fused-ring (bicyclic) bond motifs is 14. The average Bonchev–Trinajstić information content (AvgIpc) is 3.87. The predicted molar refractivity (Wildman–Crippen MR) is 229 cm³/mol. The molecule has 0 atom stereocenters. The lowest BCUT2D eigenvalue weighted by Crippen LogP contribution is -2.61.